The summed E-state index contributed by atoms with van der Waals surface area (Å²) in [6.45, 7) is 2.55. The van der Waals surface area contributed by atoms with Crippen LogP contribution in [0, 0.1) is 6.92 Å². The van der Waals surface area contributed by atoms with Crippen molar-refractivity contribution in [2.75, 3.05) is 0 Å². The fourth-order valence-electron chi connectivity index (χ4n) is 1.69. The molecule has 1 aromatic heterocycles. The molecular formula is C14H13NO3. The van der Waals surface area contributed by atoms with Gasteiger partial charge in [-0.15, -0.1) is 0 Å². The van der Waals surface area contributed by atoms with Gasteiger partial charge in [0.25, 0.3) is 0 Å². The van der Waals surface area contributed by atoms with Crippen molar-refractivity contribution in [3.05, 3.63) is 69.6 Å². The Kier molecular flexibility index (Phi) is 3.28. The summed E-state index contributed by atoms with van der Waals surface area (Å²) in [6.07, 6.45) is 2.96. The number of aryl methyl sites for hydroxylation is 1. The van der Waals surface area contributed by atoms with Crippen molar-refractivity contribution >= 4 is 5.97 Å². The van der Waals surface area contributed by atoms with Crippen LogP contribution in [0.25, 0.3) is 0 Å². The molecule has 2 rings (SSSR count). The Bertz CT molecular complexity index is 626. The number of pyridine rings is 1. The Morgan fingerprint density at radius 3 is 2.50 bits per heavy atom. The molecule has 1 heterocycles. The molecule has 0 amide bonds. The summed E-state index contributed by atoms with van der Waals surface area (Å²) >= 11 is 0. The molecule has 0 aliphatic rings. The number of aromatic nitrogens is 1. The van der Waals surface area contributed by atoms with Crippen LogP contribution in [0.4, 0.5) is 0 Å². The second-order valence-corrected chi connectivity index (χ2v) is 4.19. The molecule has 0 atom stereocenters. The van der Waals surface area contributed by atoms with Crippen molar-refractivity contribution < 1.29 is 9.90 Å². The molecule has 0 aliphatic heterocycles. The third-order valence-corrected chi connectivity index (χ3v) is 2.69. The molecule has 0 saturated carbocycles. The van der Waals surface area contributed by atoms with Crippen LogP contribution in [0.15, 0.2) is 47.5 Å². The lowest BCUT2D eigenvalue weighted by molar-refractivity contribution is 0.0694. The molecule has 0 saturated heterocycles. The summed E-state index contributed by atoms with van der Waals surface area (Å²) in [5.74, 6) is -1.20. The normalized spacial score (nSPS) is 10.3. The Morgan fingerprint density at radius 1 is 1.22 bits per heavy atom. The van der Waals surface area contributed by atoms with Crippen molar-refractivity contribution in [1.82, 2.24) is 4.57 Å². The summed E-state index contributed by atoms with van der Waals surface area (Å²) in [4.78, 5) is 22.2. The number of hydrogen-bond acceptors (Lipinski definition) is 2. The molecule has 0 bridgehead atoms. The van der Waals surface area contributed by atoms with E-state index in [0.29, 0.717) is 6.54 Å². The van der Waals surface area contributed by atoms with Gasteiger partial charge in [0.15, 0.2) is 5.43 Å². The van der Waals surface area contributed by atoms with Gasteiger partial charge in [0.05, 0.1) is 0 Å². The maximum absolute atomic E-state index is 11.3. The molecule has 0 aliphatic carbocycles. The second kappa shape index (κ2) is 4.87. The van der Waals surface area contributed by atoms with Gasteiger partial charge in [0.1, 0.15) is 5.56 Å². The molecule has 1 N–H and O–H groups in total. The maximum Gasteiger partial charge on any atom is 0.341 e. The predicted octanol–water partition coefficient (Wildman–Crippen LogP) is 1.90. The summed E-state index contributed by atoms with van der Waals surface area (Å²) in [5, 5.41) is 8.88. The molecule has 18 heavy (non-hydrogen) atoms. The predicted molar refractivity (Wildman–Crippen MR) is 67.9 cm³/mol. The average molecular weight is 243 g/mol. The van der Waals surface area contributed by atoms with Crippen LogP contribution < -0.4 is 5.43 Å². The third-order valence-electron chi connectivity index (χ3n) is 2.69. The lowest BCUT2D eigenvalue weighted by Crippen LogP contribution is -2.16. The Morgan fingerprint density at radius 2 is 1.89 bits per heavy atom. The van der Waals surface area contributed by atoms with Gasteiger partial charge in [0.2, 0.25) is 0 Å². The molecule has 1 aromatic carbocycles. The number of carboxylic acids is 1. The standard InChI is InChI=1S/C14H13NO3/c1-10-2-4-11(5-3-10)8-15-7-6-13(16)12(9-15)14(17)18/h2-7,9H,8H2,1H3,(H,17,18). The third kappa shape index (κ3) is 2.66. The zero-order chi connectivity index (χ0) is 13.1. The zero-order valence-electron chi connectivity index (χ0n) is 9.96. The molecular weight excluding hydrogens is 230 g/mol. The Labute approximate surface area is 104 Å². The number of nitrogens with zero attached hydrogens (tertiary/aromatic N) is 1. The fourth-order valence-corrected chi connectivity index (χ4v) is 1.69. The highest BCUT2D eigenvalue weighted by atomic mass is 16.4. The van der Waals surface area contributed by atoms with Gasteiger partial charge >= 0.3 is 5.97 Å². The minimum Gasteiger partial charge on any atom is -0.477 e. The van der Waals surface area contributed by atoms with E-state index < -0.39 is 11.4 Å². The largest absolute Gasteiger partial charge is 0.477 e. The van der Waals surface area contributed by atoms with E-state index in [2.05, 4.69) is 0 Å². The highest BCUT2D eigenvalue weighted by Crippen LogP contribution is 2.05. The lowest BCUT2D eigenvalue weighted by atomic mass is 10.1. The molecule has 4 nitrogen and oxygen atoms in total. The highest BCUT2D eigenvalue weighted by molar-refractivity contribution is 5.86. The highest BCUT2D eigenvalue weighted by Gasteiger charge is 2.08. The SMILES string of the molecule is Cc1ccc(Cn2ccc(=O)c(C(=O)O)c2)cc1. The first kappa shape index (κ1) is 12.1. The van der Waals surface area contributed by atoms with Crippen molar-refractivity contribution in [3.8, 4) is 0 Å². The monoisotopic (exact) mass is 243 g/mol. The maximum atomic E-state index is 11.3. The Hall–Kier alpha value is -2.36. The van der Waals surface area contributed by atoms with Crippen LogP contribution in [-0.2, 0) is 6.54 Å². The van der Waals surface area contributed by atoms with E-state index in [9.17, 15) is 9.59 Å². The van der Waals surface area contributed by atoms with Gasteiger partial charge in [-0.3, -0.25) is 4.79 Å². The fraction of sp³-hybridized carbons (Fsp3) is 0.143. The number of hydrogen-bond donors (Lipinski definition) is 1. The number of carbonyl (C=O) groups is 1. The van der Waals surface area contributed by atoms with E-state index in [1.807, 2.05) is 31.2 Å². The van der Waals surface area contributed by atoms with Crippen LogP contribution in [0.5, 0.6) is 0 Å². The summed E-state index contributed by atoms with van der Waals surface area (Å²) in [7, 11) is 0. The quantitative estimate of drug-likeness (QED) is 0.895. The number of aromatic carboxylic acids is 1. The van der Waals surface area contributed by atoms with Crippen molar-refractivity contribution in [2.24, 2.45) is 0 Å². The molecule has 0 spiro atoms. The van der Waals surface area contributed by atoms with Crippen molar-refractivity contribution in [1.29, 1.82) is 0 Å². The molecule has 0 unspecified atom stereocenters. The van der Waals surface area contributed by atoms with Gasteiger partial charge in [0, 0.05) is 25.0 Å². The molecule has 4 heteroatoms. The van der Waals surface area contributed by atoms with Crippen LogP contribution in [-0.4, -0.2) is 15.6 Å². The summed E-state index contributed by atoms with van der Waals surface area (Å²) in [5.41, 5.74) is 1.55. The minimum atomic E-state index is -1.20. The van der Waals surface area contributed by atoms with Gasteiger partial charge in [-0.2, -0.15) is 0 Å². The first-order valence-electron chi connectivity index (χ1n) is 5.55. The van der Waals surface area contributed by atoms with E-state index in [1.165, 1.54) is 17.8 Å². The molecule has 2 aromatic rings. The van der Waals surface area contributed by atoms with Crippen molar-refractivity contribution in [3.63, 3.8) is 0 Å². The summed E-state index contributed by atoms with van der Waals surface area (Å²) in [6, 6.07) is 9.23. The van der Waals surface area contributed by atoms with E-state index >= 15 is 0 Å². The van der Waals surface area contributed by atoms with Gasteiger partial charge in [-0.25, -0.2) is 4.79 Å². The van der Waals surface area contributed by atoms with Gasteiger partial charge < -0.3 is 9.67 Å². The first-order valence-corrected chi connectivity index (χ1v) is 5.55. The first-order chi connectivity index (χ1) is 8.56. The van der Waals surface area contributed by atoms with E-state index in [0.717, 1.165) is 5.56 Å². The van der Waals surface area contributed by atoms with Crippen molar-refractivity contribution in [2.45, 2.75) is 13.5 Å². The van der Waals surface area contributed by atoms with E-state index in [1.54, 1.807) is 10.8 Å². The second-order valence-electron chi connectivity index (χ2n) is 4.19. The van der Waals surface area contributed by atoms with Crippen LogP contribution in [0.3, 0.4) is 0 Å². The van der Waals surface area contributed by atoms with Crippen LogP contribution in [0.1, 0.15) is 21.5 Å². The topological polar surface area (TPSA) is 59.3 Å². The van der Waals surface area contributed by atoms with E-state index in [4.69, 9.17) is 5.11 Å². The zero-order valence-corrected chi connectivity index (χ0v) is 9.96. The Balaban J connectivity index is 2.30. The molecule has 0 radical (unpaired) electrons. The van der Waals surface area contributed by atoms with Crippen LogP contribution in [0.2, 0.25) is 0 Å². The minimum absolute atomic E-state index is 0.204. The van der Waals surface area contributed by atoms with Crippen LogP contribution >= 0.6 is 0 Å². The molecule has 0 fully saturated rings. The van der Waals surface area contributed by atoms with Gasteiger partial charge in [-0.1, -0.05) is 29.8 Å². The molecule has 92 valence electrons. The van der Waals surface area contributed by atoms with Gasteiger partial charge in [-0.05, 0) is 12.5 Å². The lowest BCUT2D eigenvalue weighted by Gasteiger charge is -2.07. The van der Waals surface area contributed by atoms with E-state index in [-0.39, 0.29) is 5.56 Å². The number of benzene rings is 1. The smallest absolute Gasteiger partial charge is 0.341 e. The average Bonchev–Trinajstić information content (AvgIpc) is 2.34. The summed E-state index contributed by atoms with van der Waals surface area (Å²) < 4.78 is 1.69. The number of carboxylic acid groups (broad SMARTS) is 1. The number of rotatable bonds is 3.